The number of hydrogen-bond donors (Lipinski definition) is 2. The second-order valence-electron chi connectivity index (χ2n) is 3.74. The lowest BCUT2D eigenvalue weighted by atomic mass is 10.1. The first-order valence-corrected chi connectivity index (χ1v) is 5.52. The Hall–Kier alpha value is -1.46. The molecule has 0 fully saturated rings. The molecule has 6 heteroatoms. The smallest absolute Gasteiger partial charge is 0.320 e. The highest BCUT2D eigenvalue weighted by atomic mass is 35.5. The predicted molar refractivity (Wildman–Crippen MR) is 61.8 cm³/mol. The Labute approximate surface area is 103 Å². The monoisotopic (exact) mass is 257 g/mol. The van der Waals surface area contributed by atoms with E-state index in [0.29, 0.717) is 35.3 Å². The number of benzene rings is 1. The van der Waals surface area contributed by atoms with Crippen molar-refractivity contribution in [3.8, 4) is 11.5 Å². The van der Waals surface area contributed by atoms with E-state index in [1.807, 2.05) is 0 Å². The van der Waals surface area contributed by atoms with Gasteiger partial charge in [-0.05, 0) is 18.1 Å². The molecule has 1 aliphatic heterocycles. The average Bonchev–Trinajstić information content (AvgIpc) is 2.29. The van der Waals surface area contributed by atoms with E-state index in [4.69, 9.17) is 31.9 Å². The first kappa shape index (κ1) is 12.0. The quantitative estimate of drug-likeness (QED) is 0.846. The van der Waals surface area contributed by atoms with E-state index >= 15 is 0 Å². The Kier molecular flexibility index (Phi) is 3.40. The molecule has 92 valence electrons. The number of aliphatic carboxylic acids is 1. The fourth-order valence-electron chi connectivity index (χ4n) is 1.59. The minimum absolute atomic E-state index is 0.158. The molecule has 0 saturated heterocycles. The highest BCUT2D eigenvalue weighted by molar-refractivity contribution is 6.31. The lowest BCUT2D eigenvalue weighted by molar-refractivity contribution is -0.138. The van der Waals surface area contributed by atoms with E-state index in [1.165, 1.54) is 0 Å². The van der Waals surface area contributed by atoms with Crippen LogP contribution in [0.25, 0.3) is 0 Å². The second-order valence-corrected chi connectivity index (χ2v) is 4.14. The lowest BCUT2D eigenvalue weighted by Gasteiger charge is -2.20. The van der Waals surface area contributed by atoms with E-state index in [2.05, 4.69) is 0 Å². The normalized spacial score (nSPS) is 15.4. The fourth-order valence-corrected chi connectivity index (χ4v) is 1.82. The van der Waals surface area contributed by atoms with E-state index in [1.54, 1.807) is 12.1 Å². The molecular weight excluding hydrogens is 246 g/mol. The molecule has 0 saturated carbocycles. The van der Waals surface area contributed by atoms with Gasteiger partial charge in [0.2, 0.25) is 0 Å². The molecule has 1 aliphatic rings. The zero-order valence-corrected chi connectivity index (χ0v) is 9.74. The summed E-state index contributed by atoms with van der Waals surface area (Å²) < 4.78 is 10.7. The maximum absolute atomic E-state index is 10.7. The van der Waals surface area contributed by atoms with Gasteiger partial charge in [0, 0.05) is 11.1 Å². The molecule has 1 heterocycles. The Morgan fingerprint density at radius 1 is 1.41 bits per heavy atom. The maximum atomic E-state index is 10.7. The first-order valence-electron chi connectivity index (χ1n) is 5.14. The average molecular weight is 258 g/mol. The van der Waals surface area contributed by atoms with Crippen molar-refractivity contribution in [3.05, 3.63) is 22.7 Å². The van der Waals surface area contributed by atoms with Crippen LogP contribution in [-0.2, 0) is 11.2 Å². The van der Waals surface area contributed by atoms with Crippen molar-refractivity contribution < 1.29 is 19.4 Å². The van der Waals surface area contributed by atoms with Crippen LogP contribution in [0.3, 0.4) is 0 Å². The van der Waals surface area contributed by atoms with Crippen LogP contribution in [0.2, 0.25) is 5.02 Å². The Morgan fingerprint density at radius 2 is 2.00 bits per heavy atom. The third-order valence-electron chi connectivity index (χ3n) is 2.47. The Balaban J connectivity index is 2.25. The van der Waals surface area contributed by atoms with Crippen LogP contribution in [0, 0.1) is 0 Å². The molecule has 2 rings (SSSR count). The van der Waals surface area contributed by atoms with Crippen LogP contribution in [0.4, 0.5) is 0 Å². The summed E-state index contributed by atoms with van der Waals surface area (Å²) in [7, 11) is 0. The van der Waals surface area contributed by atoms with E-state index < -0.39 is 12.0 Å². The van der Waals surface area contributed by atoms with Gasteiger partial charge >= 0.3 is 5.97 Å². The van der Waals surface area contributed by atoms with Crippen LogP contribution in [0.15, 0.2) is 12.1 Å². The van der Waals surface area contributed by atoms with Crippen molar-refractivity contribution in [2.75, 3.05) is 13.2 Å². The van der Waals surface area contributed by atoms with Crippen molar-refractivity contribution in [2.24, 2.45) is 5.73 Å². The molecule has 1 atom stereocenters. The summed E-state index contributed by atoms with van der Waals surface area (Å²) in [5, 5.41) is 9.18. The van der Waals surface area contributed by atoms with E-state index in [0.717, 1.165) is 0 Å². The van der Waals surface area contributed by atoms with Crippen LogP contribution in [0.5, 0.6) is 11.5 Å². The zero-order chi connectivity index (χ0) is 12.4. The summed E-state index contributed by atoms with van der Waals surface area (Å²) in [5.74, 6) is 0.0955. The minimum Gasteiger partial charge on any atom is -0.486 e. The molecule has 0 aromatic heterocycles. The zero-order valence-electron chi connectivity index (χ0n) is 8.98. The number of rotatable bonds is 3. The summed E-state index contributed by atoms with van der Waals surface area (Å²) >= 11 is 6.03. The topological polar surface area (TPSA) is 81.8 Å². The Bertz CT molecular complexity index is 449. The number of hydrogen-bond acceptors (Lipinski definition) is 4. The SMILES string of the molecule is NC(Cc1cc2c(cc1Cl)OCCO2)C(=O)O. The molecule has 1 unspecified atom stereocenters. The molecular formula is C11H12ClNO4. The van der Waals surface area contributed by atoms with Gasteiger partial charge in [-0.1, -0.05) is 11.6 Å². The van der Waals surface area contributed by atoms with Crippen LogP contribution < -0.4 is 15.2 Å². The number of ether oxygens (including phenoxy) is 2. The van der Waals surface area contributed by atoms with Crippen LogP contribution in [0.1, 0.15) is 5.56 Å². The van der Waals surface area contributed by atoms with Gasteiger partial charge < -0.3 is 20.3 Å². The molecule has 17 heavy (non-hydrogen) atoms. The van der Waals surface area contributed by atoms with Crippen molar-refractivity contribution in [1.29, 1.82) is 0 Å². The molecule has 0 amide bonds. The number of halogens is 1. The van der Waals surface area contributed by atoms with Crippen molar-refractivity contribution >= 4 is 17.6 Å². The lowest BCUT2D eigenvalue weighted by Crippen LogP contribution is -2.32. The Morgan fingerprint density at radius 3 is 2.59 bits per heavy atom. The van der Waals surface area contributed by atoms with Crippen molar-refractivity contribution in [2.45, 2.75) is 12.5 Å². The van der Waals surface area contributed by atoms with E-state index in [9.17, 15) is 4.79 Å². The largest absolute Gasteiger partial charge is 0.486 e. The summed E-state index contributed by atoms with van der Waals surface area (Å²) in [6, 6.07) is 2.33. The number of carboxylic acid groups (broad SMARTS) is 1. The minimum atomic E-state index is -1.06. The van der Waals surface area contributed by atoms with Crippen molar-refractivity contribution in [1.82, 2.24) is 0 Å². The van der Waals surface area contributed by atoms with Gasteiger partial charge in [-0.15, -0.1) is 0 Å². The second kappa shape index (κ2) is 4.81. The standard InChI is InChI=1S/C11H12ClNO4/c12-7-5-10-9(16-1-2-17-10)4-6(7)3-8(13)11(14)15/h4-5,8H,1-3,13H2,(H,14,15). The van der Waals surface area contributed by atoms with Gasteiger partial charge in [0.25, 0.3) is 0 Å². The number of carboxylic acids is 1. The summed E-state index contributed by atoms with van der Waals surface area (Å²) in [4.78, 5) is 10.7. The van der Waals surface area contributed by atoms with Gasteiger partial charge in [0.1, 0.15) is 19.3 Å². The number of carbonyl (C=O) groups is 1. The first-order chi connectivity index (χ1) is 8.08. The van der Waals surface area contributed by atoms with Crippen LogP contribution in [-0.4, -0.2) is 30.3 Å². The fraction of sp³-hybridized carbons (Fsp3) is 0.364. The summed E-state index contributed by atoms with van der Waals surface area (Å²) in [6.45, 7) is 0.955. The van der Waals surface area contributed by atoms with E-state index in [-0.39, 0.29) is 6.42 Å². The molecule has 0 spiro atoms. The number of nitrogens with two attached hydrogens (primary N) is 1. The molecule has 3 N–H and O–H groups in total. The van der Waals surface area contributed by atoms with Gasteiger partial charge in [-0.2, -0.15) is 0 Å². The molecule has 0 aliphatic carbocycles. The summed E-state index contributed by atoms with van der Waals surface area (Å²) in [6.07, 6.45) is 0.158. The summed E-state index contributed by atoms with van der Waals surface area (Å²) in [5.41, 5.74) is 6.11. The molecule has 1 aromatic carbocycles. The molecule has 0 bridgehead atoms. The third-order valence-corrected chi connectivity index (χ3v) is 2.82. The number of fused-ring (bicyclic) bond motifs is 1. The molecule has 5 nitrogen and oxygen atoms in total. The van der Waals surface area contributed by atoms with Crippen LogP contribution >= 0.6 is 11.6 Å². The third kappa shape index (κ3) is 2.62. The van der Waals surface area contributed by atoms with Gasteiger partial charge in [0.15, 0.2) is 11.5 Å². The van der Waals surface area contributed by atoms with Crippen molar-refractivity contribution in [3.63, 3.8) is 0 Å². The molecule has 0 radical (unpaired) electrons. The van der Waals surface area contributed by atoms with Gasteiger partial charge in [-0.3, -0.25) is 4.79 Å². The maximum Gasteiger partial charge on any atom is 0.320 e. The highest BCUT2D eigenvalue weighted by Gasteiger charge is 2.19. The highest BCUT2D eigenvalue weighted by Crippen LogP contribution is 2.35. The molecule has 1 aromatic rings. The van der Waals surface area contributed by atoms with Gasteiger partial charge in [0.05, 0.1) is 0 Å². The predicted octanol–water partition coefficient (Wildman–Crippen LogP) is 1.07. The van der Waals surface area contributed by atoms with Gasteiger partial charge in [-0.25, -0.2) is 0 Å².